The van der Waals surface area contributed by atoms with E-state index in [9.17, 15) is 9.90 Å². The van der Waals surface area contributed by atoms with E-state index in [0.29, 0.717) is 0 Å². The number of carboxylic acid groups (broad SMARTS) is 1. The lowest BCUT2D eigenvalue weighted by atomic mass is 9.93. The predicted octanol–water partition coefficient (Wildman–Crippen LogP) is 2.07. The van der Waals surface area contributed by atoms with Crippen LogP contribution in [0.25, 0.3) is 0 Å². The van der Waals surface area contributed by atoms with Gasteiger partial charge in [0.05, 0.1) is 5.92 Å². The van der Waals surface area contributed by atoms with Crippen LogP contribution >= 0.6 is 0 Å². The maximum absolute atomic E-state index is 11.2. The van der Waals surface area contributed by atoms with Crippen molar-refractivity contribution in [2.45, 2.75) is 19.4 Å². The average molecular weight is 219 g/mol. The highest BCUT2D eigenvalue weighted by Gasteiger charge is 2.37. The molecule has 1 aromatic carbocycles. The Kier molecular flexibility index (Phi) is 2.97. The Morgan fingerprint density at radius 3 is 2.88 bits per heavy atom. The molecule has 1 saturated heterocycles. The predicted molar refractivity (Wildman–Crippen MR) is 62.3 cm³/mol. The third-order valence-corrected chi connectivity index (χ3v) is 3.35. The maximum Gasteiger partial charge on any atom is 0.308 e. The number of benzene rings is 1. The third-order valence-electron chi connectivity index (χ3n) is 3.35. The van der Waals surface area contributed by atoms with Gasteiger partial charge in [-0.2, -0.15) is 0 Å². The molecule has 0 aromatic heterocycles. The van der Waals surface area contributed by atoms with Gasteiger partial charge in [0.2, 0.25) is 0 Å². The summed E-state index contributed by atoms with van der Waals surface area (Å²) in [5.74, 6) is -0.956. The van der Waals surface area contributed by atoms with Crippen molar-refractivity contribution in [3.63, 3.8) is 0 Å². The summed E-state index contributed by atoms with van der Waals surface area (Å²) in [5, 5.41) is 9.21. The van der Waals surface area contributed by atoms with E-state index < -0.39 is 5.97 Å². The van der Waals surface area contributed by atoms with Gasteiger partial charge in [0.25, 0.3) is 0 Å². The van der Waals surface area contributed by atoms with Gasteiger partial charge in [0.1, 0.15) is 0 Å². The van der Waals surface area contributed by atoms with Gasteiger partial charge >= 0.3 is 5.97 Å². The van der Waals surface area contributed by atoms with Gasteiger partial charge in [-0.1, -0.05) is 29.8 Å². The van der Waals surface area contributed by atoms with E-state index in [1.54, 1.807) is 0 Å². The normalized spacial score (nSPS) is 25.9. The molecule has 0 unspecified atom stereocenters. The minimum atomic E-state index is -0.684. The van der Waals surface area contributed by atoms with Crippen molar-refractivity contribution in [3.05, 3.63) is 35.4 Å². The van der Waals surface area contributed by atoms with Gasteiger partial charge in [0, 0.05) is 6.04 Å². The summed E-state index contributed by atoms with van der Waals surface area (Å²) in [7, 11) is 2.00. The quantitative estimate of drug-likeness (QED) is 0.827. The van der Waals surface area contributed by atoms with E-state index in [2.05, 4.69) is 11.0 Å². The number of aryl methyl sites for hydroxylation is 1. The van der Waals surface area contributed by atoms with Crippen molar-refractivity contribution in [1.29, 1.82) is 0 Å². The van der Waals surface area contributed by atoms with E-state index in [0.717, 1.165) is 18.5 Å². The smallest absolute Gasteiger partial charge is 0.308 e. The Morgan fingerprint density at radius 2 is 2.25 bits per heavy atom. The highest BCUT2D eigenvalue weighted by molar-refractivity contribution is 5.71. The van der Waals surface area contributed by atoms with Crippen LogP contribution in [0.1, 0.15) is 23.6 Å². The number of aliphatic carboxylic acids is 1. The van der Waals surface area contributed by atoms with Crippen LogP contribution in [0.4, 0.5) is 0 Å². The number of hydrogen-bond acceptors (Lipinski definition) is 2. The van der Waals surface area contributed by atoms with E-state index in [1.165, 1.54) is 5.56 Å². The number of likely N-dealkylation sites (tertiary alicyclic amines) is 1. The first-order valence-corrected chi connectivity index (χ1v) is 5.59. The highest BCUT2D eigenvalue weighted by atomic mass is 16.4. The molecule has 1 aromatic rings. The van der Waals surface area contributed by atoms with Gasteiger partial charge in [-0.05, 0) is 32.5 Å². The summed E-state index contributed by atoms with van der Waals surface area (Å²) in [4.78, 5) is 13.3. The van der Waals surface area contributed by atoms with Crippen molar-refractivity contribution in [3.8, 4) is 0 Å². The van der Waals surface area contributed by atoms with Gasteiger partial charge in [-0.25, -0.2) is 0 Å². The second-order valence-electron chi connectivity index (χ2n) is 4.57. The number of rotatable bonds is 2. The van der Waals surface area contributed by atoms with Gasteiger partial charge in [0.15, 0.2) is 0 Å². The molecule has 0 spiro atoms. The highest BCUT2D eigenvalue weighted by Crippen LogP contribution is 2.36. The number of nitrogens with zero attached hydrogens (tertiary/aromatic N) is 1. The number of carboxylic acids is 1. The fourth-order valence-electron chi connectivity index (χ4n) is 2.55. The standard InChI is InChI=1S/C13H17NO2/c1-9-4-3-5-10(8-9)12-11(13(15)16)6-7-14(12)2/h3-5,8,11-12H,6-7H2,1-2H3,(H,15,16)/t11-,12+/m0/s1. The van der Waals surface area contributed by atoms with E-state index in [-0.39, 0.29) is 12.0 Å². The summed E-state index contributed by atoms with van der Waals surface area (Å²) < 4.78 is 0. The average Bonchev–Trinajstić information content (AvgIpc) is 2.60. The molecule has 3 heteroatoms. The number of carbonyl (C=O) groups is 1. The fraction of sp³-hybridized carbons (Fsp3) is 0.462. The van der Waals surface area contributed by atoms with Gasteiger partial charge in [-0.3, -0.25) is 9.69 Å². The Labute approximate surface area is 95.7 Å². The summed E-state index contributed by atoms with van der Waals surface area (Å²) in [6.45, 7) is 2.89. The summed E-state index contributed by atoms with van der Waals surface area (Å²) in [5.41, 5.74) is 2.30. The van der Waals surface area contributed by atoms with Crippen LogP contribution in [0.15, 0.2) is 24.3 Å². The Morgan fingerprint density at radius 1 is 1.50 bits per heavy atom. The molecule has 1 aliphatic heterocycles. The molecule has 1 heterocycles. The molecule has 0 aliphatic carbocycles. The zero-order valence-corrected chi connectivity index (χ0v) is 9.68. The van der Waals surface area contributed by atoms with Crippen molar-refractivity contribution < 1.29 is 9.90 Å². The molecule has 2 rings (SSSR count). The SMILES string of the molecule is Cc1cccc([C@@H]2[C@@H](C(=O)O)CCN2C)c1. The van der Waals surface area contributed by atoms with Crippen LogP contribution in [0.3, 0.4) is 0 Å². The van der Waals surface area contributed by atoms with E-state index >= 15 is 0 Å². The largest absolute Gasteiger partial charge is 0.481 e. The van der Waals surface area contributed by atoms with E-state index in [4.69, 9.17) is 0 Å². The fourth-order valence-corrected chi connectivity index (χ4v) is 2.55. The monoisotopic (exact) mass is 219 g/mol. The van der Waals surface area contributed by atoms with Crippen molar-refractivity contribution >= 4 is 5.97 Å². The van der Waals surface area contributed by atoms with Crippen molar-refractivity contribution in [2.75, 3.05) is 13.6 Å². The molecule has 2 atom stereocenters. The molecule has 86 valence electrons. The molecule has 0 radical (unpaired) electrons. The zero-order chi connectivity index (χ0) is 11.7. The van der Waals surface area contributed by atoms with Gasteiger partial charge < -0.3 is 5.11 Å². The van der Waals surface area contributed by atoms with Crippen LogP contribution in [0, 0.1) is 12.8 Å². The topological polar surface area (TPSA) is 40.5 Å². The zero-order valence-electron chi connectivity index (χ0n) is 9.68. The molecule has 1 fully saturated rings. The van der Waals surface area contributed by atoms with Crippen LogP contribution in [-0.2, 0) is 4.79 Å². The maximum atomic E-state index is 11.2. The van der Waals surface area contributed by atoms with Crippen LogP contribution in [0.2, 0.25) is 0 Å². The van der Waals surface area contributed by atoms with Crippen molar-refractivity contribution in [2.24, 2.45) is 5.92 Å². The Bertz CT molecular complexity index is 403. The van der Waals surface area contributed by atoms with Crippen LogP contribution in [-0.4, -0.2) is 29.6 Å². The van der Waals surface area contributed by atoms with Gasteiger partial charge in [-0.15, -0.1) is 0 Å². The third kappa shape index (κ3) is 1.95. The second kappa shape index (κ2) is 4.26. The molecular formula is C13H17NO2. The van der Waals surface area contributed by atoms with Crippen LogP contribution in [0.5, 0.6) is 0 Å². The Hall–Kier alpha value is -1.35. The minimum absolute atomic E-state index is 0.0254. The second-order valence-corrected chi connectivity index (χ2v) is 4.57. The summed E-state index contributed by atoms with van der Waals surface area (Å²) in [6.07, 6.45) is 0.741. The first kappa shape index (κ1) is 11.1. The molecule has 0 saturated carbocycles. The molecule has 1 N–H and O–H groups in total. The lowest BCUT2D eigenvalue weighted by Gasteiger charge is -2.23. The van der Waals surface area contributed by atoms with E-state index in [1.807, 2.05) is 32.2 Å². The number of hydrogen-bond donors (Lipinski definition) is 1. The van der Waals surface area contributed by atoms with Crippen LogP contribution < -0.4 is 0 Å². The summed E-state index contributed by atoms with van der Waals surface area (Å²) >= 11 is 0. The molecule has 0 bridgehead atoms. The first-order valence-electron chi connectivity index (χ1n) is 5.59. The molecule has 0 amide bonds. The minimum Gasteiger partial charge on any atom is -0.481 e. The lowest BCUT2D eigenvalue weighted by Crippen LogP contribution is -2.25. The van der Waals surface area contributed by atoms with Crippen molar-refractivity contribution in [1.82, 2.24) is 4.90 Å². The first-order chi connectivity index (χ1) is 7.59. The molecule has 1 aliphatic rings. The molecule has 16 heavy (non-hydrogen) atoms. The Balaban J connectivity index is 2.33. The molecular weight excluding hydrogens is 202 g/mol. The lowest BCUT2D eigenvalue weighted by molar-refractivity contribution is -0.142. The summed E-state index contributed by atoms with van der Waals surface area (Å²) in [6, 6.07) is 8.17. The molecule has 3 nitrogen and oxygen atoms in total.